The summed E-state index contributed by atoms with van der Waals surface area (Å²) >= 11 is 1.48. The molecule has 2 aromatic rings. The molecule has 1 aliphatic carbocycles. The van der Waals surface area contributed by atoms with Gasteiger partial charge in [0.1, 0.15) is 0 Å². The van der Waals surface area contributed by atoms with Crippen molar-refractivity contribution in [3.05, 3.63) is 57.0 Å². The van der Waals surface area contributed by atoms with E-state index in [-0.39, 0.29) is 11.7 Å². The fourth-order valence-corrected chi connectivity index (χ4v) is 4.10. The first-order valence-electron chi connectivity index (χ1n) is 8.69. The average molecular weight is 388 g/mol. The van der Waals surface area contributed by atoms with E-state index >= 15 is 0 Å². The van der Waals surface area contributed by atoms with Crippen molar-refractivity contribution in [3.8, 4) is 5.75 Å². The molecule has 1 aromatic carbocycles. The predicted molar refractivity (Wildman–Crippen MR) is 103 cm³/mol. The predicted octanol–water partition coefficient (Wildman–Crippen LogP) is 3.50. The Morgan fingerprint density at radius 1 is 1.30 bits per heavy atom. The van der Waals surface area contributed by atoms with Gasteiger partial charge in [-0.25, -0.2) is 4.39 Å². The number of hydrazine groups is 1. The van der Waals surface area contributed by atoms with Crippen molar-refractivity contribution in [1.82, 2.24) is 10.9 Å². The summed E-state index contributed by atoms with van der Waals surface area (Å²) in [6.07, 6.45) is 5.81. The highest BCUT2D eigenvalue weighted by Crippen LogP contribution is 2.32. The fraction of sp³-hybridized carbons (Fsp3) is 0.300. The Balaban J connectivity index is 1.54. The van der Waals surface area contributed by atoms with E-state index in [2.05, 4.69) is 17.8 Å². The van der Waals surface area contributed by atoms with E-state index in [4.69, 9.17) is 4.74 Å². The number of amides is 2. The number of aryl methyl sites for hydroxylation is 1. The summed E-state index contributed by atoms with van der Waals surface area (Å²) in [6.45, 7) is 2.21. The molecular weight excluding hydrogens is 367 g/mol. The molecular formula is C20H21FN2O3S. The third-order valence-electron chi connectivity index (χ3n) is 4.46. The van der Waals surface area contributed by atoms with Crippen molar-refractivity contribution in [1.29, 1.82) is 0 Å². The molecule has 142 valence electrons. The number of hydrogen-bond donors (Lipinski definition) is 2. The van der Waals surface area contributed by atoms with Crippen molar-refractivity contribution >= 4 is 29.2 Å². The Kier molecular flexibility index (Phi) is 5.91. The minimum absolute atomic E-state index is 0.136. The Morgan fingerprint density at radius 2 is 2.11 bits per heavy atom. The van der Waals surface area contributed by atoms with E-state index in [1.807, 2.05) is 6.07 Å². The zero-order valence-corrected chi connectivity index (χ0v) is 16.0. The molecule has 0 fully saturated rings. The number of hydrogen-bond acceptors (Lipinski definition) is 4. The molecule has 0 unspecified atom stereocenters. The van der Waals surface area contributed by atoms with E-state index in [9.17, 15) is 14.0 Å². The summed E-state index contributed by atoms with van der Waals surface area (Å²) in [5.41, 5.74) is 6.49. The highest BCUT2D eigenvalue weighted by molar-refractivity contribution is 7.14. The van der Waals surface area contributed by atoms with Gasteiger partial charge in [0.25, 0.3) is 11.8 Å². The summed E-state index contributed by atoms with van der Waals surface area (Å²) in [5.74, 6) is -0.578. The monoisotopic (exact) mass is 388 g/mol. The average Bonchev–Trinajstić information content (AvgIpc) is 3.07. The maximum Gasteiger partial charge on any atom is 0.279 e. The van der Waals surface area contributed by atoms with Gasteiger partial charge in [-0.3, -0.25) is 20.4 Å². The van der Waals surface area contributed by atoms with Crippen molar-refractivity contribution in [2.45, 2.75) is 26.2 Å². The normalized spacial score (nSPS) is 16.0. The van der Waals surface area contributed by atoms with Gasteiger partial charge in [-0.1, -0.05) is 13.0 Å². The number of halogens is 1. The largest absolute Gasteiger partial charge is 0.494 e. The molecule has 5 nitrogen and oxygen atoms in total. The lowest BCUT2D eigenvalue weighted by molar-refractivity contribution is -0.117. The Morgan fingerprint density at radius 3 is 2.85 bits per heavy atom. The van der Waals surface area contributed by atoms with Crippen molar-refractivity contribution in [2.24, 2.45) is 5.92 Å². The van der Waals surface area contributed by atoms with Gasteiger partial charge < -0.3 is 4.74 Å². The number of thiophene rings is 1. The minimum Gasteiger partial charge on any atom is -0.494 e. The summed E-state index contributed by atoms with van der Waals surface area (Å²) in [5, 5.41) is 0. The lowest BCUT2D eigenvalue weighted by atomic mass is 9.90. The molecule has 0 saturated heterocycles. The number of fused-ring (bicyclic) bond motifs is 1. The molecule has 1 heterocycles. The minimum atomic E-state index is -0.510. The van der Waals surface area contributed by atoms with Crippen LogP contribution >= 0.6 is 11.3 Å². The van der Waals surface area contributed by atoms with E-state index < -0.39 is 11.7 Å². The summed E-state index contributed by atoms with van der Waals surface area (Å²) in [7, 11) is 1.38. The van der Waals surface area contributed by atoms with Crippen molar-refractivity contribution in [3.63, 3.8) is 0 Å². The second kappa shape index (κ2) is 8.35. The molecule has 0 radical (unpaired) electrons. The van der Waals surface area contributed by atoms with Crippen LogP contribution in [0.2, 0.25) is 0 Å². The number of ether oxygens (including phenoxy) is 1. The standard InChI is InChI=1S/C20H21FN2O3S/c1-12-3-7-17-14(9-12)11-18(27-17)20(25)23-22-19(24)8-5-13-4-6-16(26-2)15(21)10-13/h4-6,8,10-12H,3,7,9H2,1-2H3,(H,22,24)(H,23,25)/b8-5+/t12-/m0/s1. The molecule has 0 bridgehead atoms. The van der Waals surface area contributed by atoms with Crippen molar-refractivity contribution in [2.75, 3.05) is 7.11 Å². The van der Waals surface area contributed by atoms with Crippen LogP contribution in [0.25, 0.3) is 6.08 Å². The second-order valence-electron chi connectivity index (χ2n) is 6.58. The van der Waals surface area contributed by atoms with E-state index in [1.165, 1.54) is 53.2 Å². The van der Waals surface area contributed by atoms with Crippen LogP contribution in [0.4, 0.5) is 4.39 Å². The van der Waals surface area contributed by atoms with Gasteiger partial charge in [0, 0.05) is 11.0 Å². The Hall–Kier alpha value is -2.67. The van der Waals surface area contributed by atoms with Crippen LogP contribution in [0.5, 0.6) is 5.75 Å². The van der Waals surface area contributed by atoms with Gasteiger partial charge in [-0.05, 0) is 60.6 Å². The van der Waals surface area contributed by atoms with Crippen LogP contribution in [-0.4, -0.2) is 18.9 Å². The van der Waals surface area contributed by atoms with Crippen LogP contribution in [0.3, 0.4) is 0 Å². The van der Waals surface area contributed by atoms with Crippen LogP contribution < -0.4 is 15.6 Å². The molecule has 0 spiro atoms. The lowest BCUT2D eigenvalue weighted by Crippen LogP contribution is -2.40. The molecule has 2 amide bonds. The molecule has 3 rings (SSSR count). The summed E-state index contributed by atoms with van der Waals surface area (Å²) in [6, 6.07) is 6.28. The maximum absolute atomic E-state index is 13.6. The van der Waals surface area contributed by atoms with Gasteiger partial charge in [-0.15, -0.1) is 11.3 Å². The first-order chi connectivity index (χ1) is 13.0. The van der Waals surface area contributed by atoms with Gasteiger partial charge in [0.05, 0.1) is 12.0 Å². The first-order valence-corrected chi connectivity index (χ1v) is 9.51. The molecule has 1 aliphatic rings. The van der Waals surface area contributed by atoms with E-state index in [0.29, 0.717) is 16.4 Å². The smallest absolute Gasteiger partial charge is 0.279 e. The number of benzene rings is 1. The highest BCUT2D eigenvalue weighted by atomic mass is 32.1. The zero-order valence-electron chi connectivity index (χ0n) is 15.2. The molecule has 7 heteroatoms. The summed E-state index contributed by atoms with van der Waals surface area (Å²) < 4.78 is 18.5. The van der Waals surface area contributed by atoms with Crippen molar-refractivity contribution < 1.29 is 18.7 Å². The third kappa shape index (κ3) is 4.74. The molecule has 1 atom stereocenters. The van der Waals surface area contributed by atoms with Gasteiger partial charge in [0.15, 0.2) is 11.6 Å². The Labute approximate surface area is 161 Å². The quantitative estimate of drug-likeness (QED) is 0.622. The first kappa shape index (κ1) is 19.1. The topological polar surface area (TPSA) is 67.4 Å². The number of rotatable bonds is 4. The maximum atomic E-state index is 13.6. The molecule has 2 N–H and O–H groups in total. The number of methoxy groups -OCH3 is 1. The third-order valence-corrected chi connectivity index (χ3v) is 5.69. The van der Waals surface area contributed by atoms with Gasteiger partial charge in [0.2, 0.25) is 0 Å². The van der Waals surface area contributed by atoms with Crippen LogP contribution in [-0.2, 0) is 17.6 Å². The summed E-state index contributed by atoms with van der Waals surface area (Å²) in [4.78, 5) is 26.0. The van der Waals surface area contributed by atoms with Gasteiger partial charge in [-0.2, -0.15) is 0 Å². The second-order valence-corrected chi connectivity index (χ2v) is 7.71. The Bertz CT molecular complexity index is 891. The highest BCUT2D eigenvalue weighted by Gasteiger charge is 2.20. The molecule has 0 aliphatic heterocycles. The SMILES string of the molecule is COc1ccc(/C=C/C(=O)NNC(=O)c2cc3c(s2)CC[C@H](C)C3)cc1F. The fourth-order valence-electron chi connectivity index (χ4n) is 3.00. The molecule has 0 saturated carbocycles. The van der Waals surface area contributed by atoms with Gasteiger partial charge >= 0.3 is 0 Å². The molecule has 1 aromatic heterocycles. The number of nitrogens with one attached hydrogen (secondary N) is 2. The number of carbonyl (C=O) groups excluding carboxylic acids is 2. The number of carbonyl (C=O) groups is 2. The zero-order chi connectivity index (χ0) is 19.4. The van der Waals surface area contributed by atoms with E-state index in [0.717, 1.165) is 19.3 Å². The van der Waals surface area contributed by atoms with Crippen LogP contribution in [0, 0.1) is 11.7 Å². The molecule has 27 heavy (non-hydrogen) atoms. The van der Waals surface area contributed by atoms with E-state index in [1.54, 1.807) is 6.07 Å². The van der Waals surface area contributed by atoms with Crippen LogP contribution in [0.1, 0.15) is 39.0 Å². The lowest BCUT2D eigenvalue weighted by Gasteiger charge is -2.16. The van der Waals surface area contributed by atoms with Crippen LogP contribution in [0.15, 0.2) is 30.3 Å².